The zero-order valence-corrected chi connectivity index (χ0v) is 22.2. The molecule has 6 N–H and O–H groups in total. The molecule has 1 heterocycles. The monoisotopic (exact) mass is 567 g/mol. The number of likely N-dealkylation sites (tertiary alicyclic amines) is 1. The Morgan fingerprint density at radius 3 is 1.98 bits per heavy atom. The average molecular weight is 568 g/mol. The second-order valence-corrected chi connectivity index (χ2v) is 10.5. The second kappa shape index (κ2) is 12.4. The number of benzene rings is 2. The molecule has 218 valence electrons. The largest absolute Gasteiger partial charge is 0.504 e. The fraction of sp³-hybridized carbons (Fsp3) is 0.367. The van der Waals surface area contributed by atoms with Crippen molar-refractivity contribution in [3.05, 3.63) is 59.7 Å². The molecule has 0 aromatic heterocycles. The minimum absolute atomic E-state index is 0.209. The highest BCUT2D eigenvalue weighted by molar-refractivity contribution is 5.94. The van der Waals surface area contributed by atoms with Crippen molar-refractivity contribution in [1.29, 1.82) is 0 Å². The Bertz CT molecular complexity index is 1280. The summed E-state index contributed by atoms with van der Waals surface area (Å²) in [5, 5.41) is 60.7. The molecule has 2 aromatic rings. The summed E-state index contributed by atoms with van der Waals surface area (Å²) >= 11 is 0. The highest BCUT2D eigenvalue weighted by atomic mass is 16.6. The van der Waals surface area contributed by atoms with E-state index in [1.165, 1.54) is 59.5 Å². The summed E-state index contributed by atoms with van der Waals surface area (Å²) in [6.45, 7) is 0.949. The quantitative estimate of drug-likeness (QED) is 0.157. The van der Waals surface area contributed by atoms with E-state index in [1.807, 2.05) is 0 Å². The van der Waals surface area contributed by atoms with Crippen molar-refractivity contribution in [1.82, 2.24) is 4.90 Å². The summed E-state index contributed by atoms with van der Waals surface area (Å²) in [5.41, 5.74) is -1.13. The standard InChI is InChI=1S/C30H33NO10/c32-21(7-3-18-4-8-22(33)24(35)13-18)15-20-16-30(40,29(39)31-11-1-2-12-31)17-26(28(20)38)41-27(37)10-6-19-5-9-23(34)25(36)14-19/h3-10,13-14,20,26,28,33-36,38,40H,1-2,11-12,15-17H2/t20-,26-,28+,30-/m1/s1. The third-order valence-corrected chi connectivity index (χ3v) is 7.40. The molecule has 11 nitrogen and oxygen atoms in total. The van der Waals surface area contributed by atoms with Gasteiger partial charge in [0.15, 0.2) is 28.8 Å². The summed E-state index contributed by atoms with van der Waals surface area (Å²) in [7, 11) is 0. The van der Waals surface area contributed by atoms with Crippen LogP contribution in [0.2, 0.25) is 0 Å². The van der Waals surface area contributed by atoms with E-state index in [9.17, 15) is 45.0 Å². The number of hydrogen-bond acceptors (Lipinski definition) is 10. The van der Waals surface area contributed by atoms with Gasteiger partial charge in [-0.3, -0.25) is 9.59 Å². The van der Waals surface area contributed by atoms with Crippen molar-refractivity contribution in [3.63, 3.8) is 0 Å². The van der Waals surface area contributed by atoms with Gasteiger partial charge in [0.25, 0.3) is 5.91 Å². The predicted octanol–water partition coefficient (Wildman–Crippen LogP) is 2.23. The molecule has 0 radical (unpaired) electrons. The third-order valence-electron chi connectivity index (χ3n) is 7.40. The predicted molar refractivity (Wildman–Crippen MR) is 147 cm³/mol. The van der Waals surface area contributed by atoms with Crippen molar-refractivity contribution in [2.24, 2.45) is 5.92 Å². The lowest BCUT2D eigenvalue weighted by Gasteiger charge is -2.43. The van der Waals surface area contributed by atoms with Crippen LogP contribution in [0.1, 0.15) is 43.2 Å². The summed E-state index contributed by atoms with van der Waals surface area (Å²) in [6.07, 6.45) is 3.14. The molecule has 0 bridgehead atoms. The molecule has 2 aliphatic rings. The van der Waals surface area contributed by atoms with E-state index in [-0.39, 0.29) is 42.3 Å². The SMILES string of the molecule is O=C(C=Cc1ccc(O)c(O)c1)C[C@@H]1C[C@](O)(C(=O)N2CCCC2)C[C@@H](OC(=O)C=Cc2ccc(O)c(O)c2)[C@H]1O. The maximum atomic E-state index is 13.3. The van der Waals surface area contributed by atoms with Crippen LogP contribution >= 0.6 is 0 Å². The molecule has 2 aromatic carbocycles. The van der Waals surface area contributed by atoms with Gasteiger partial charge in [-0.05, 0) is 72.7 Å². The topological polar surface area (TPSA) is 185 Å². The highest BCUT2D eigenvalue weighted by Gasteiger charge is 2.52. The maximum Gasteiger partial charge on any atom is 0.331 e. The van der Waals surface area contributed by atoms with Crippen LogP contribution in [0.4, 0.5) is 0 Å². The van der Waals surface area contributed by atoms with Gasteiger partial charge >= 0.3 is 5.97 Å². The number of ether oxygens (including phenoxy) is 1. The molecule has 0 unspecified atom stereocenters. The second-order valence-electron chi connectivity index (χ2n) is 10.5. The summed E-state index contributed by atoms with van der Waals surface area (Å²) < 4.78 is 5.45. The van der Waals surface area contributed by atoms with Crippen molar-refractivity contribution in [3.8, 4) is 23.0 Å². The van der Waals surface area contributed by atoms with Crippen molar-refractivity contribution >= 4 is 29.8 Å². The highest BCUT2D eigenvalue weighted by Crippen LogP contribution is 2.38. The number of aromatic hydroxyl groups is 4. The van der Waals surface area contributed by atoms with E-state index in [0.717, 1.165) is 18.9 Å². The Hall–Kier alpha value is -4.35. The first-order valence-corrected chi connectivity index (χ1v) is 13.3. The van der Waals surface area contributed by atoms with Gasteiger partial charge in [-0.1, -0.05) is 18.2 Å². The van der Waals surface area contributed by atoms with Crippen LogP contribution in [0.15, 0.2) is 48.6 Å². The van der Waals surface area contributed by atoms with E-state index >= 15 is 0 Å². The Labute approximate surface area is 236 Å². The Kier molecular flexibility index (Phi) is 8.99. The fourth-order valence-electron chi connectivity index (χ4n) is 5.25. The molecular formula is C30H33NO10. The summed E-state index contributed by atoms with van der Waals surface area (Å²) in [5.74, 6) is -4.13. The first-order valence-electron chi connectivity index (χ1n) is 13.3. The number of nitrogens with zero attached hydrogens (tertiary/aromatic N) is 1. The molecule has 1 aliphatic carbocycles. The molecule has 1 amide bonds. The van der Waals surface area contributed by atoms with Crippen molar-refractivity contribution in [2.75, 3.05) is 13.1 Å². The normalized spacial score (nSPS) is 24.6. The van der Waals surface area contributed by atoms with E-state index in [0.29, 0.717) is 24.2 Å². The molecule has 1 saturated heterocycles. The van der Waals surface area contributed by atoms with Crippen LogP contribution in [0.3, 0.4) is 0 Å². The summed E-state index contributed by atoms with van der Waals surface area (Å²) in [6, 6.07) is 7.96. The van der Waals surface area contributed by atoms with Crippen LogP contribution in [-0.2, 0) is 19.1 Å². The van der Waals surface area contributed by atoms with Crippen LogP contribution in [-0.4, -0.2) is 84.1 Å². The van der Waals surface area contributed by atoms with E-state index in [1.54, 1.807) is 0 Å². The van der Waals surface area contributed by atoms with Crippen LogP contribution in [0, 0.1) is 5.92 Å². The number of aliphatic hydroxyl groups excluding tert-OH is 1. The zero-order valence-electron chi connectivity index (χ0n) is 22.2. The number of esters is 1. The van der Waals surface area contributed by atoms with E-state index in [2.05, 4.69) is 0 Å². The number of amides is 1. The van der Waals surface area contributed by atoms with Crippen molar-refractivity contribution in [2.45, 2.75) is 49.9 Å². The van der Waals surface area contributed by atoms with Crippen molar-refractivity contribution < 1.29 is 49.8 Å². The van der Waals surface area contributed by atoms with Gasteiger partial charge in [0, 0.05) is 32.0 Å². The maximum absolute atomic E-state index is 13.3. The Balaban J connectivity index is 1.50. The van der Waals surface area contributed by atoms with Gasteiger partial charge in [-0.2, -0.15) is 0 Å². The summed E-state index contributed by atoms with van der Waals surface area (Å²) in [4.78, 5) is 40.3. The molecule has 4 rings (SSSR count). The van der Waals surface area contributed by atoms with Gasteiger partial charge in [-0.25, -0.2) is 4.79 Å². The molecule has 0 spiro atoms. The van der Waals surface area contributed by atoms with Gasteiger partial charge in [0.1, 0.15) is 11.7 Å². The Morgan fingerprint density at radius 2 is 1.41 bits per heavy atom. The lowest BCUT2D eigenvalue weighted by atomic mass is 9.72. The van der Waals surface area contributed by atoms with Gasteiger partial charge in [0.05, 0.1) is 6.10 Å². The lowest BCUT2D eigenvalue weighted by Crippen LogP contribution is -2.58. The minimum Gasteiger partial charge on any atom is -0.504 e. The van der Waals surface area contributed by atoms with Crippen LogP contribution in [0.5, 0.6) is 23.0 Å². The molecule has 11 heteroatoms. The molecule has 41 heavy (non-hydrogen) atoms. The average Bonchev–Trinajstić information content (AvgIpc) is 3.47. The number of allylic oxidation sites excluding steroid dienone is 1. The smallest absolute Gasteiger partial charge is 0.331 e. The molecule has 1 saturated carbocycles. The first-order chi connectivity index (χ1) is 19.4. The van der Waals surface area contributed by atoms with Crippen LogP contribution in [0.25, 0.3) is 12.2 Å². The Morgan fingerprint density at radius 1 is 0.854 bits per heavy atom. The zero-order chi connectivity index (χ0) is 29.7. The van der Waals surface area contributed by atoms with E-state index < -0.39 is 41.4 Å². The number of rotatable bonds is 8. The molecule has 2 fully saturated rings. The number of phenolic OH excluding ortho intramolecular Hbond substituents is 4. The lowest BCUT2D eigenvalue weighted by molar-refractivity contribution is -0.183. The minimum atomic E-state index is -1.96. The van der Waals surface area contributed by atoms with Gasteiger partial charge in [-0.15, -0.1) is 0 Å². The number of ketones is 1. The number of carbonyl (C=O) groups excluding carboxylic acids is 3. The number of carbonyl (C=O) groups is 3. The van der Waals surface area contributed by atoms with E-state index in [4.69, 9.17) is 4.74 Å². The third kappa shape index (κ3) is 7.24. The first kappa shape index (κ1) is 29.6. The van der Waals surface area contributed by atoms with Gasteiger partial charge in [0.2, 0.25) is 0 Å². The number of aliphatic hydroxyl groups is 2. The number of hydrogen-bond donors (Lipinski definition) is 6. The molecule has 1 aliphatic heterocycles. The van der Waals surface area contributed by atoms with Gasteiger partial charge < -0.3 is 40.3 Å². The molecule has 4 atom stereocenters. The molecular weight excluding hydrogens is 534 g/mol. The van der Waals surface area contributed by atoms with Crippen LogP contribution < -0.4 is 0 Å². The fourth-order valence-corrected chi connectivity index (χ4v) is 5.25. The number of phenols is 4.